The van der Waals surface area contributed by atoms with Crippen molar-refractivity contribution in [2.75, 3.05) is 12.4 Å². The molecule has 3 N–H and O–H groups in total. The average Bonchev–Trinajstić information content (AvgIpc) is 3.31. The summed E-state index contributed by atoms with van der Waals surface area (Å²) in [6, 6.07) is 12.1. The van der Waals surface area contributed by atoms with Gasteiger partial charge in [0.05, 0.1) is 23.0 Å². The maximum Gasteiger partial charge on any atom is 0.409 e. The number of nitrogens with zero attached hydrogens (tertiary/aromatic N) is 4. The molecule has 9 nitrogen and oxygen atoms in total. The van der Waals surface area contributed by atoms with Crippen LogP contribution in [-0.4, -0.2) is 43.9 Å². The minimum atomic E-state index is -1.14. The number of amides is 1. The lowest BCUT2D eigenvalue weighted by molar-refractivity contribution is 0.210. The standard InChI is InChI=1S/C13H17N3S.C10H9N3O3/c1-2-4-11(5-3-1)14-9-10-6-7-13-12(8-10)15-16-17-13;1-16-8-3-2-6-9(13-8)7(4-5-11-6)12-10(14)15/h6-8,11,14H,1-5,9H2;2-5H,1H3,(H,11,12)(H,14,15). The molecular formula is C23H26N6O3S. The zero-order valence-corrected chi connectivity index (χ0v) is 19.1. The summed E-state index contributed by atoms with van der Waals surface area (Å²) in [5, 5.41) is 18.7. The van der Waals surface area contributed by atoms with Crippen LogP contribution in [0.15, 0.2) is 42.6 Å². The van der Waals surface area contributed by atoms with Gasteiger partial charge in [-0.1, -0.05) is 29.8 Å². The third-order valence-corrected chi connectivity index (χ3v) is 6.23. The summed E-state index contributed by atoms with van der Waals surface area (Å²) in [5.74, 6) is 0.411. The fourth-order valence-electron chi connectivity index (χ4n) is 3.84. The van der Waals surface area contributed by atoms with Crippen LogP contribution in [0, 0.1) is 0 Å². The zero-order chi connectivity index (χ0) is 23.0. The van der Waals surface area contributed by atoms with Crippen LogP contribution in [0.1, 0.15) is 37.7 Å². The van der Waals surface area contributed by atoms with Gasteiger partial charge in [0.1, 0.15) is 11.0 Å². The zero-order valence-electron chi connectivity index (χ0n) is 18.3. The number of benzene rings is 1. The molecule has 0 bridgehead atoms. The summed E-state index contributed by atoms with van der Waals surface area (Å²) < 4.78 is 10.1. The van der Waals surface area contributed by atoms with E-state index in [9.17, 15) is 4.79 Å². The normalized spacial score (nSPS) is 14.0. The Hall–Kier alpha value is -3.37. The second-order valence-electron chi connectivity index (χ2n) is 7.80. The molecule has 0 atom stereocenters. The van der Waals surface area contributed by atoms with Crippen molar-refractivity contribution in [1.29, 1.82) is 0 Å². The predicted molar refractivity (Wildman–Crippen MR) is 129 cm³/mol. The number of ether oxygens (including phenoxy) is 1. The van der Waals surface area contributed by atoms with E-state index in [1.165, 1.54) is 67.2 Å². The molecule has 1 amide bonds. The molecule has 4 aromatic rings. The summed E-state index contributed by atoms with van der Waals surface area (Å²) in [5.41, 5.74) is 3.79. The van der Waals surface area contributed by atoms with Gasteiger partial charge in [-0.3, -0.25) is 10.3 Å². The van der Waals surface area contributed by atoms with Gasteiger partial charge in [0.25, 0.3) is 0 Å². The van der Waals surface area contributed by atoms with Crippen molar-refractivity contribution in [1.82, 2.24) is 24.9 Å². The van der Waals surface area contributed by atoms with Crippen LogP contribution >= 0.6 is 11.5 Å². The SMILES string of the molecule is COc1ccc2nccc(NC(=O)O)c2n1.c1cc2snnc2cc1CNC1CCCCC1. The van der Waals surface area contributed by atoms with E-state index in [1.54, 1.807) is 18.2 Å². The minimum Gasteiger partial charge on any atom is -0.481 e. The number of nitrogens with one attached hydrogen (secondary N) is 2. The number of pyridine rings is 2. The topological polar surface area (TPSA) is 122 Å². The maximum atomic E-state index is 10.6. The van der Waals surface area contributed by atoms with Gasteiger partial charge in [0, 0.05) is 24.8 Å². The molecule has 3 aromatic heterocycles. The summed E-state index contributed by atoms with van der Waals surface area (Å²) in [6.07, 6.45) is 7.22. The van der Waals surface area contributed by atoms with Crippen LogP contribution in [0.4, 0.5) is 10.5 Å². The van der Waals surface area contributed by atoms with Crippen molar-refractivity contribution in [3.05, 3.63) is 48.2 Å². The molecule has 172 valence electrons. The van der Waals surface area contributed by atoms with Gasteiger partial charge in [-0.15, -0.1) is 5.10 Å². The van der Waals surface area contributed by atoms with E-state index >= 15 is 0 Å². The van der Waals surface area contributed by atoms with E-state index in [1.807, 2.05) is 0 Å². The van der Waals surface area contributed by atoms with Gasteiger partial charge < -0.3 is 15.2 Å². The first-order chi connectivity index (χ1) is 16.1. The third kappa shape index (κ3) is 6.11. The fraction of sp³-hybridized carbons (Fsp3) is 0.348. The molecule has 0 radical (unpaired) electrons. The lowest BCUT2D eigenvalue weighted by Crippen LogP contribution is -2.30. The van der Waals surface area contributed by atoms with E-state index < -0.39 is 6.09 Å². The Morgan fingerprint density at radius 3 is 2.79 bits per heavy atom. The highest BCUT2D eigenvalue weighted by Gasteiger charge is 2.12. The molecule has 1 fully saturated rings. The molecule has 1 aliphatic rings. The van der Waals surface area contributed by atoms with Gasteiger partial charge in [-0.25, -0.2) is 9.78 Å². The molecule has 1 aromatic carbocycles. The molecule has 0 aliphatic heterocycles. The van der Waals surface area contributed by atoms with Crippen LogP contribution in [0.5, 0.6) is 5.88 Å². The van der Waals surface area contributed by atoms with Gasteiger partial charge in [-0.05, 0) is 54.2 Å². The molecule has 33 heavy (non-hydrogen) atoms. The molecular weight excluding hydrogens is 440 g/mol. The lowest BCUT2D eigenvalue weighted by Gasteiger charge is -2.22. The second-order valence-corrected chi connectivity index (χ2v) is 8.59. The quantitative estimate of drug-likeness (QED) is 0.382. The van der Waals surface area contributed by atoms with Crippen LogP contribution in [0.2, 0.25) is 0 Å². The first-order valence-electron chi connectivity index (χ1n) is 10.9. The molecule has 0 spiro atoms. The molecule has 3 heterocycles. The van der Waals surface area contributed by atoms with Crippen molar-refractivity contribution in [3.63, 3.8) is 0 Å². The van der Waals surface area contributed by atoms with Crippen molar-refractivity contribution in [3.8, 4) is 5.88 Å². The number of methoxy groups -OCH3 is 1. The number of carboxylic acid groups (broad SMARTS) is 1. The van der Waals surface area contributed by atoms with Crippen LogP contribution < -0.4 is 15.4 Å². The number of rotatable bonds is 5. The summed E-state index contributed by atoms with van der Waals surface area (Å²) in [7, 11) is 1.49. The number of carbonyl (C=O) groups is 1. The third-order valence-electron chi connectivity index (χ3n) is 5.52. The predicted octanol–water partition coefficient (Wildman–Crippen LogP) is 4.84. The highest BCUT2D eigenvalue weighted by molar-refractivity contribution is 7.12. The Morgan fingerprint density at radius 1 is 1.15 bits per heavy atom. The van der Waals surface area contributed by atoms with Gasteiger partial charge >= 0.3 is 6.09 Å². The summed E-state index contributed by atoms with van der Waals surface area (Å²) in [6.45, 7) is 0.956. The number of hydrogen-bond donors (Lipinski definition) is 3. The highest BCUT2D eigenvalue weighted by Crippen LogP contribution is 2.22. The summed E-state index contributed by atoms with van der Waals surface area (Å²) >= 11 is 1.46. The van der Waals surface area contributed by atoms with Crippen LogP contribution in [0.3, 0.4) is 0 Å². The Labute approximate surface area is 195 Å². The Morgan fingerprint density at radius 2 is 2.00 bits per heavy atom. The van der Waals surface area contributed by atoms with E-state index in [0.29, 0.717) is 28.6 Å². The van der Waals surface area contributed by atoms with E-state index in [0.717, 1.165) is 12.1 Å². The molecule has 1 saturated carbocycles. The average molecular weight is 467 g/mol. The van der Waals surface area contributed by atoms with Crippen molar-refractivity contribution in [2.45, 2.75) is 44.7 Å². The van der Waals surface area contributed by atoms with Gasteiger partial charge in [0.2, 0.25) is 5.88 Å². The van der Waals surface area contributed by atoms with Crippen LogP contribution in [0.25, 0.3) is 21.3 Å². The minimum absolute atomic E-state index is 0.386. The van der Waals surface area contributed by atoms with E-state index in [2.05, 4.69) is 48.4 Å². The van der Waals surface area contributed by atoms with Crippen molar-refractivity contribution in [2.24, 2.45) is 0 Å². The first kappa shape index (κ1) is 22.8. The largest absolute Gasteiger partial charge is 0.481 e. The lowest BCUT2D eigenvalue weighted by atomic mass is 9.95. The molecule has 5 rings (SSSR count). The monoisotopic (exact) mass is 466 g/mol. The number of anilines is 1. The molecule has 0 unspecified atom stereocenters. The number of fused-ring (bicyclic) bond motifs is 2. The number of aromatic nitrogens is 4. The van der Waals surface area contributed by atoms with E-state index in [-0.39, 0.29) is 0 Å². The maximum absolute atomic E-state index is 10.6. The fourth-order valence-corrected chi connectivity index (χ4v) is 4.38. The van der Waals surface area contributed by atoms with Crippen LogP contribution in [-0.2, 0) is 6.54 Å². The Bertz CT molecular complexity index is 1230. The Kier molecular flexibility index (Phi) is 7.59. The Balaban J connectivity index is 0.000000157. The molecule has 1 aliphatic carbocycles. The summed E-state index contributed by atoms with van der Waals surface area (Å²) in [4.78, 5) is 18.8. The molecule has 10 heteroatoms. The van der Waals surface area contributed by atoms with Crippen molar-refractivity contribution < 1.29 is 14.6 Å². The second kappa shape index (κ2) is 11.0. The van der Waals surface area contributed by atoms with E-state index in [4.69, 9.17) is 9.84 Å². The van der Waals surface area contributed by atoms with Crippen molar-refractivity contribution >= 4 is 44.6 Å². The molecule has 0 saturated heterocycles. The smallest absolute Gasteiger partial charge is 0.409 e. The highest BCUT2D eigenvalue weighted by atomic mass is 32.1. The van der Waals surface area contributed by atoms with Gasteiger partial charge in [-0.2, -0.15) is 0 Å². The van der Waals surface area contributed by atoms with Gasteiger partial charge in [0.15, 0.2) is 0 Å². The number of hydrogen-bond acceptors (Lipinski definition) is 8. The first-order valence-corrected chi connectivity index (χ1v) is 11.6.